The number of para-hydroxylation sites is 1. The Balaban J connectivity index is 2.60. The van der Waals surface area contributed by atoms with Gasteiger partial charge in [0.15, 0.2) is 0 Å². The SMILES string of the molecule is CCCCCCC(N)c1ccccc1OC(N)=O. The molecule has 4 nitrogen and oxygen atoms in total. The summed E-state index contributed by atoms with van der Waals surface area (Å²) >= 11 is 0. The molecule has 0 aliphatic heterocycles. The summed E-state index contributed by atoms with van der Waals surface area (Å²) < 4.78 is 4.95. The van der Waals surface area contributed by atoms with Gasteiger partial charge >= 0.3 is 6.09 Å². The average molecular weight is 250 g/mol. The minimum Gasteiger partial charge on any atom is -0.410 e. The summed E-state index contributed by atoms with van der Waals surface area (Å²) in [6.45, 7) is 2.18. The molecular formula is C14H22N2O2. The van der Waals surface area contributed by atoms with Crippen LogP contribution in [0.5, 0.6) is 5.75 Å². The molecule has 0 heterocycles. The van der Waals surface area contributed by atoms with Crippen molar-refractivity contribution in [3.8, 4) is 5.75 Å². The van der Waals surface area contributed by atoms with Gasteiger partial charge in [0.1, 0.15) is 5.75 Å². The highest BCUT2D eigenvalue weighted by atomic mass is 16.5. The number of rotatable bonds is 7. The van der Waals surface area contributed by atoms with Crippen molar-refractivity contribution in [3.63, 3.8) is 0 Å². The monoisotopic (exact) mass is 250 g/mol. The molecule has 100 valence electrons. The fourth-order valence-corrected chi connectivity index (χ4v) is 1.93. The highest BCUT2D eigenvalue weighted by molar-refractivity contribution is 5.68. The topological polar surface area (TPSA) is 78.3 Å². The Morgan fingerprint density at radius 1 is 1.28 bits per heavy atom. The summed E-state index contributed by atoms with van der Waals surface area (Å²) in [6.07, 6.45) is 4.78. The second-order valence-electron chi connectivity index (χ2n) is 4.41. The molecule has 0 saturated heterocycles. The van der Waals surface area contributed by atoms with Crippen LogP contribution in [0.25, 0.3) is 0 Å². The van der Waals surface area contributed by atoms with Gasteiger partial charge in [0.05, 0.1) is 0 Å². The second kappa shape index (κ2) is 7.71. The first-order chi connectivity index (χ1) is 8.65. The number of carbonyl (C=O) groups is 1. The normalized spacial score (nSPS) is 12.1. The Morgan fingerprint density at radius 3 is 2.67 bits per heavy atom. The summed E-state index contributed by atoms with van der Waals surface area (Å²) in [5.74, 6) is 0.466. The maximum Gasteiger partial charge on any atom is 0.409 e. The average Bonchev–Trinajstić information content (AvgIpc) is 2.34. The van der Waals surface area contributed by atoms with E-state index in [9.17, 15) is 4.79 Å². The van der Waals surface area contributed by atoms with Crippen molar-refractivity contribution in [2.24, 2.45) is 11.5 Å². The quantitative estimate of drug-likeness (QED) is 0.730. The van der Waals surface area contributed by atoms with Crippen molar-refractivity contribution in [2.75, 3.05) is 0 Å². The largest absolute Gasteiger partial charge is 0.410 e. The van der Waals surface area contributed by atoms with Gasteiger partial charge in [-0.05, 0) is 12.5 Å². The molecule has 0 aliphatic carbocycles. The van der Waals surface area contributed by atoms with E-state index in [4.69, 9.17) is 16.2 Å². The summed E-state index contributed by atoms with van der Waals surface area (Å²) in [5, 5.41) is 0. The number of unbranched alkanes of at least 4 members (excludes halogenated alkanes) is 3. The second-order valence-corrected chi connectivity index (χ2v) is 4.41. The number of nitrogens with two attached hydrogens (primary N) is 2. The number of primary amides is 1. The van der Waals surface area contributed by atoms with Crippen LogP contribution in [0, 0.1) is 0 Å². The van der Waals surface area contributed by atoms with E-state index in [1.165, 1.54) is 19.3 Å². The summed E-state index contributed by atoms with van der Waals surface area (Å²) in [7, 11) is 0. The van der Waals surface area contributed by atoms with E-state index in [0.717, 1.165) is 18.4 Å². The van der Waals surface area contributed by atoms with Crippen LogP contribution in [0.3, 0.4) is 0 Å². The third-order valence-electron chi connectivity index (χ3n) is 2.90. The molecule has 1 atom stereocenters. The van der Waals surface area contributed by atoms with Crippen LogP contribution in [0.4, 0.5) is 4.79 Å². The molecule has 1 aromatic carbocycles. The molecule has 1 unspecified atom stereocenters. The Kier molecular flexibility index (Phi) is 6.22. The van der Waals surface area contributed by atoms with E-state index >= 15 is 0 Å². The smallest absolute Gasteiger partial charge is 0.409 e. The molecule has 0 saturated carbocycles. The predicted molar refractivity (Wildman–Crippen MR) is 72.3 cm³/mol. The Hall–Kier alpha value is -1.55. The van der Waals surface area contributed by atoms with Crippen molar-refractivity contribution in [2.45, 2.75) is 45.1 Å². The molecule has 1 rings (SSSR count). The molecule has 4 N–H and O–H groups in total. The fourth-order valence-electron chi connectivity index (χ4n) is 1.93. The number of benzene rings is 1. The van der Waals surface area contributed by atoms with Gasteiger partial charge in [0.25, 0.3) is 0 Å². The van der Waals surface area contributed by atoms with Gasteiger partial charge in [-0.3, -0.25) is 0 Å². The molecular weight excluding hydrogens is 228 g/mol. The van der Waals surface area contributed by atoms with Crippen LogP contribution >= 0.6 is 0 Å². The van der Waals surface area contributed by atoms with Gasteiger partial charge in [-0.15, -0.1) is 0 Å². The van der Waals surface area contributed by atoms with Gasteiger partial charge in [0, 0.05) is 11.6 Å². The van der Waals surface area contributed by atoms with Crippen molar-refractivity contribution >= 4 is 6.09 Å². The van der Waals surface area contributed by atoms with Gasteiger partial charge in [0.2, 0.25) is 0 Å². The highest BCUT2D eigenvalue weighted by Crippen LogP contribution is 2.27. The van der Waals surface area contributed by atoms with Crippen LogP contribution in [-0.4, -0.2) is 6.09 Å². The number of hydrogen-bond donors (Lipinski definition) is 2. The lowest BCUT2D eigenvalue weighted by Gasteiger charge is -2.15. The molecule has 0 aliphatic rings. The third-order valence-corrected chi connectivity index (χ3v) is 2.90. The summed E-state index contributed by atoms with van der Waals surface area (Å²) in [6, 6.07) is 7.16. The van der Waals surface area contributed by atoms with Gasteiger partial charge in [-0.2, -0.15) is 0 Å². The Morgan fingerprint density at radius 2 is 2.00 bits per heavy atom. The van der Waals surface area contributed by atoms with Crippen LogP contribution in [0.15, 0.2) is 24.3 Å². The van der Waals surface area contributed by atoms with Gasteiger partial charge in [-0.25, -0.2) is 4.79 Å². The predicted octanol–water partition coefficient (Wildman–Crippen LogP) is 3.11. The van der Waals surface area contributed by atoms with Crippen molar-refractivity contribution in [1.29, 1.82) is 0 Å². The minimum absolute atomic E-state index is 0.114. The molecule has 18 heavy (non-hydrogen) atoms. The molecule has 1 amide bonds. The zero-order valence-corrected chi connectivity index (χ0v) is 10.9. The van der Waals surface area contributed by atoms with Crippen LogP contribution < -0.4 is 16.2 Å². The van der Waals surface area contributed by atoms with Gasteiger partial charge < -0.3 is 16.2 Å². The maximum absolute atomic E-state index is 10.8. The zero-order chi connectivity index (χ0) is 13.4. The van der Waals surface area contributed by atoms with E-state index in [1.807, 2.05) is 12.1 Å². The molecule has 1 aromatic rings. The van der Waals surface area contributed by atoms with Crippen LogP contribution in [0.2, 0.25) is 0 Å². The zero-order valence-electron chi connectivity index (χ0n) is 10.9. The van der Waals surface area contributed by atoms with E-state index in [-0.39, 0.29) is 6.04 Å². The lowest BCUT2D eigenvalue weighted by Crippen LogP contribution is -2.19. The molecule has 0 bridgehead atoms. The number of ether oxygens (including phenoxy) is 1. The van der Waals surface area contributed by atoms with Crippen LogP contribution in [0.1, 0.15) is 50.6 Å². The van der Waals surface area contributed by atoms with E-state index in [0.29, 0.717) is 5.75 Å². The van der Waals surface area contributed by atoms with Crippen molar-refractivity contribution in [1.82, 2.24) is 0 Å². The summed E-state index contributed by atoms with van der Waals surface area (Å²) in [4.78, 5) is 10.8. The van der Waals surface area contributed by atoms with E-state index in [2.05, 4.69) is 6.92 Å². The Labute approximate surface area is 108 Å². The Bertz CT molecular complexity index is 380. The van der Waals surface area contributed by atoms with Gasteiger partial charge in [-0.1, -0.05) is 50.8 Å². The number of carbonyl (C=O) groups excluding carboxylic acids is 1. The fraction of sp³-hybridized carbons (Fsp3) is 0.500. The lowest BCUT2D eigenvalue weighted by molar-refractivity contribution is 0.210. The maximum atomic E-state index is 10.8. The molecule has 0 aromatic heterocycles. The van der Waals surface area contributed by atoms with Crippen molar-refractivity contribution < 1.29 is 9.53 Å². The number of amides is 1. The van der Waals surface area contributed by atoms with E-state index in [1.54, 1.807) is 12.1 Å². The molecule has 4 heteroatoms. The third kappa shape index (κ3) is 4.75. The first-order valence-corrected chi connectivity index (χ1v) is 6.47. The van der Waals surface area contributed by atoms with Crippen molar-refractivity contribution in [3.05, 3.63) is 29.8 Å². The first kappa shape index (κ1) is 14.5. The van der Waals surface area contributed by atoms with Crippen LogP contribution in [-0.2, 0) is 0 Å². The summed E-state index contributed by atoms with van der Waals surface area (Å²) in [5.41, 5.74) is 12.0. The molecule has 0 radical (unpaired) electrons. The molecule has 0 fully saturated rings. The minimum atomic E-state index is -0.805. The number of hydrogen-bond acceptors (Lipinski definition) is 3. The first-order valence-electron chi connectivity index (χ1n) is 6.47. The lowest BCUT2D eigenvalue weighted by atomic mass is 10.00. The molecule has 0 spiro atoms. The highest BCUT2D eigenvalue weighted by Gasteiger charge is 2.12. The standard InChI is InChI=1S/C14H22N2O2/c1-2-3-4-5-9-12(15)11-8-6-7-10-13(11)18-14(16)17/h6-8,10,12H,2-5,9,15H2,1H3,(H2,16,17). The van der Waals surface area contributed by atoms with E-state index < -0.39 is 6.09 Å².